The largest absolute Gasteiger partial charge is 0.290 e. The molecule has 1 rings (SSSR count). The number of aliphatic imine (C=N–C) groups is 1. The van der Waals surface area contributed by atoms with Gasteiger partial charge >= 0.3 is 0 Å². The number of nitrogens with zero attached hydrogens (tertiary/aromatic N) is 1. The van der Waals surface area contributed by atoms with Gasteiger partial charge in [-0.3, -0.25) is 9.59 Å². The van der Waals surface area contributed by atoms with Crippen LogP contribution in [0.5, 0.6) is 0 Å². The summed E-state index contributed by atoms with van der Waals surface area (Å²) in [6.07, 6.45) is 4.41. The van der Waals surface area contributed by atoms with E-state index in [0.29, 0.717) is 5.71 Å². The van der Waals surface area contributed by atoms with Crippen LogP contribution in [-0.4, -0.2) is 17.4 Å². The number of rotatable bonds is 0. The Labute approximate surface area is 70.5 Å². The van der Waals surface area contributed by atoms with E-state index in [1.54, 1.807) is 13.0 Å². The Balaban J connectivity index is 2.97. The fourth-order valence-electron chi connectivity index (χ4n) is 0.923. The number of hydrogen-bond acceptors (Lipinski definition) is 2. The minimum atomic E-state index is -0.253. The summed E-state index contributed by atoms with van der Waals surface area (Å²) in [7, 11) is 0. The van der Waals surface area contributed by atoms with E-state index in [4.69, 9.17) is 0 Å². The van der Waals surface area contributed by atoms with Crippen molar-refractivity contribution in [2.75, 3.05) is 0 Å². The summed E-state index contributed by atoms with van der Waals surface area (Å²) in [6.45, 7) is 3.13. The molecule has 0 atom stereocenters. The molecule has 0 aromatic heterocycles. The van der Waals surface area contributed by atoms with Crippen molar-refractivity contribution in [3.63, 3.8) is 0 Å². The van der Waals surface area contributed by atoms with Gasteiger partial charge in [0.2, 0.25) is 5.91 Å². The molecule has 0 unspecified atom stereocenters. The maximum atomic E-state index is 10.8. The molecule has 0 radical (unpaired) electrons. The Morgan fingerprint density at radius 1 is 1.42 bits per heavy atom. The lowest BCUT2D eigenvalue weighted by Gasteiger charge is -2.03. The minimum absolute atomic E-state index is 0.0602. The fourth-order valence-corrected chi connectivity index (χ4v) is 0.923. The molecule has 0 N–H and O–H groups in total. The van der Waals surface area contributed by atoms with Gasteiger partial charge in [0.25, 0.3) is 0 Å². The summed E-state index contributed by atoms with van der Waals surface area (Å²) in [4.78, 5) is 25.1. The topological polar surface area (TPSA) is 46.5 Å². The predicted molar refractivity (Wildman–Crippen MR) is 46.0 cm³/mol. The second kappa shape index (κ2) is 3.26. The lowest BCUT2D eigenvalue weighted by atomic mass is 10.0. The Hall–Kier alpha value is -1.51. The maximum absolute atomic E-state index is 10.8. The first kappa shape index (κ1) is 8.59. The third-order valence-corrected chi connectivity index (χ3v) is 1.45. The molecule has 3 heteroatoms. The van der Waals surface area contributed by atoms with Crippen LogP contribution in [0.3, 0.4) is 0 Å². The molecule has 1 amide bonds. The normalized spacial score (nSPS) is 19.7. The van der Waals surface area contributed by atoms with E-state index in [1.807, 2.05) is 0 Å². The van der Waals surface area contributed by atoms with Crippen LogP contribution in [0.4, 0.5) is 0 Å². The Morgan fingerprint density at radius 3 is 2.58 bits per heavy atom. The highest BCUT2D eigenvalue weighted by Gasteiger charge is 2.06. The van der Waals surface area contributed by atoms with Gasteiger partial charge in [-0.25, -0.2) is 4.99 Å². The van der Waals surface area contributed by atoms with Crippen molar-refractivity contribution >= 4 is 17.4 Å². The van der Waals surface area contributed by atoms with Crippen molar-refractivity contribution in [1.82, 2.24) is 0 Å². The van der Waals surface area contributed by atoms with Crippen molar-refractivity contribution in [2.24, 2.45) is 4.99 Å². The molecule has 0 fully saturated rings. The molecule has 0 saturated carbocycles. The van der Waals surface area contributed by atoms with Gasteiger partial charge in [0.05, 0.1) is 5.71 Å². The molecule has 0 saturated heterocycles. The third-order valence-electron chi connectivity index (χ3n) is 1.45. The molecule has 12 heavy (non-hydrogen) atoms. The van der Waals surface area contributed by atoms with E-state index in [9.17, 15) is 9.59 Å². The second-order valence-electron chi connectivity index (χ2n) is 2.58. The highest BCUT2D eigenvalue weighted by atomic mass is 16.1. The molecule has 0 aliphatic heterocycles. The molecule has 3 nitrogen and oxygen atoms in total. The van der Waals surface area contributed by atoms with Crippen LogP contribution in [0, 0.1) is 0 Å². The monoisotopic (exact) mass is 163 g/mol. The maximum Gasteiger partial charge on any atom is 0.243 e. The molecule has 0 aromatic carbocycles. The van der Waals surface area contributed by atoms with E-state index < -0.39 is 0 Å². The zero-order chi connectivity index (χ0) is 9.14. The number of carbonyl (C=O) groups excluding carboxylic acids is 2. The Kier molecular flexibility index (Phi) is 2.33. The van der Waals surface area contributed by atoms with Gasteiger partial charge in [-0.15, -0.1) is 0 Å². The average molecular weight is 163 g/mol. The molecular formula is C9H9NO2. The number of allylic oxidation sites excluding steroid dienone is 4. The second-order valence-corrected chi connectivity index (χ2v) is 2.58. The van der Waals surface area contributed by atoms with Crippen molar-refractivity contribution in [1.29, 1.82) is 0 Å². The van der Waals surface area contributed by atoms with Crippen LogP contribution < -0.4 is 0 Å². The quantitative estimate of drug-likeness (QED) is 0.501. The van der Waals surface area contributed by atoms with Crippen molar-refractivity contribution in [2.45, 2.75) is 13.8 Å². The van der Waals surface area contributed by atoms with E-state index in [2.05, 4.69) is 4.99 Å². The van der Waals surface area contributed by atoms with Crippen LogP contribution >= 0.6 is 0 Å². The van der Waals surface area contributed by atoms with Crippen LogP contribution in [0.2, 0.25) is 0 Å². The minimum Gasteiger partial charge on any atom is -0.290 e. The zero-order valence-corrected chi connectivity index (χ0v) is 7.00. The van der Waals surface area contributed by atoms with Gasteiger partial charge in [0.15, 0.2) is 5.78 Å². The van der Waals surface area contributed by atoms with Gasteiger partial charge in [-0.1, -0.05) is 0 Å². The number of ketones is 1. The Bertz CT molecular complexity index is 321. The highest BCUT2D eigenvalue weighted by molar-refractivity contribution is 6.21. The summed E-state index contributed by atoms with van der Waals surface area (Å²) in [5, 5.41) is 0. The molecule has 0 heterocycles. The van der Waals surface area contributed by atoms with E-state index >= 15 is 0 Å². The highest BCUT2D eigenvalue weighted by Crippen LogP contribution is 2.05. The lowest BCUT2D eigenvalue weighted by molar-refractivity contribution is -0.115. The van der Waals surface area contributed by atoms with Crippen molar-refractivity contribution in [3.05, 3.63) is 23.8 Å². The Morgan fingerprint density at radius 2 is 2.08 bits per heavy atom. The predicted octanol–water partition coefficient (Wildman–Crippen LogP) is 1.06. The van der Waals surface area contributed by atoms with Gasteiger partial charge in [-0.2, -0.15) is 0 Å². The summed E-state index contributed by atoms with van der Waals surface area (Å²) >= 11 is 0. The first-order chi connectivity index (χ1) is 5.59. The molecule has 0 aromatic rings. The summed E-state index contributed by atoms with van der Waals surface area (Å²) in [5.41, 5.74) is 1.31. The third kappa shape index (κ3) is 1.99. The van der Waals surface area contributed by atoms with Gasteiger partial charge < -0.3 is 0 Å². The van der Waals surface area contributed by atoms with E-state index in [-0.39, 0.29) is 11.7 Å². The SMILES string of the molecule is CC(=O)N=C1C=CC(=O)C=C1C. The number of amides is 1. The first-order valence-corrected chi connectivity index (χ1v) is 3.59. The zero-order valence-electron chi connectivity index (χ0n) is 7.00. The van der Waals surface area contributed by atoms with Crippen LogP contribution in [0.25, 0.3) is 0 Å². The molecule has 0 bridgehead atoms. The average Bonchev–Trinajstić information content (AvgIpc) is 1.94. The molecule has 1 aliphatic rings. The summed E-state index contributed by atoms with van der Waals surface area (Å²) in [5.74, 6) is -0.313. The standard InChI is InChI=1S/C9H9NO2/c1-6-5-8(12)3-4-9(6)10-7(2)11/h3-5H,1-2H3. The number of carbonyl (C=O) groups is 2. The molecular weight excluding hydrogens is 154 g/mol. The molecule has 62 valence electrons. The molecule has 0 spiro atoms. The van der Waals surface area contributed by atoms with Crippen molar-refractivity contribution in [3.8, 4) is 0 Å². The van der Waals surface area contributed by atoms with Crippen LogP contribution in [0.1, 0.15) is 13.8 Å². The summed E-state index contributed by atoms with van der Waals surface area (Å²) in [6, 6.07) is 0. The van der Waals surface area contributed by atoms with E-state index in [1.165, 1.54) is 19.1 Å². The van der Waals surface area contributed by atoms with Crippen LogP contribution in [0.15, 0.2) is 28.8 Å². The first-order valence-electron chi connectivity index (χ1n) is 3.59. The van der Waals surface area contributed by atoms with Crippen molar-refractivity contribution < 1.29 is 9.59 Å². The van der Waals surface area contributed by atoms with Gasteiger partial charge in [0, 0.05) is 6.92 Å². The fraction of sp³-hybridized carbons (Fsp3) is 0.222. The smallest absolute Gasteiger partial charge is 0.243 e. The van der Waals surface area contributed by atoms with Gasteiger partial charge in [-0.05, 0) is 30.7 Å². The molecule has 1 aliphatic carbocycles. The summed E-state index contributed by atoms with van der Waals surface area (Å²) < 4.78 is 0. The lowest BCUT2D eigenvalue weighted by Crippen LogP contribution is -2.07. The van der Waals surface area contributed by atoms with Crippen LogP contribution in [-0.2, 0) is 9.59 Å². The van der Waals surface area contributed by atoms with Gasteiger partial charge in [0.1, 0.15) is 0 Å². The number of hydrogen-bond donors (Lipinski definition) is 0. The van der Waals surface area contributed by atoms with E-state index in [0.717, 1.165) is 5.57 Å².